The number of halogens is 2. The highest BCUT2D eigenvalue weighted by atomic mass is 79.9. The molecule has 0 aromatic heterocycles. The van der Waals surface area contributed by atoms with E-state index in [4.69, 9.17) is 10.6 Å². The molecule has 0 saturated heterocycles. The third-order valence-electron chi connectivity index (χ3n) is 1.70. The zero-order chi connectivity index (χ0) is 10.7. The first kappa shape index (κ1) is 11.2. The van der Waals surface area contributed by atoms with Crippen LogP contribution in [0.1, 0.15) is 5.56 Å². The normalized spacial score (nSPS) is 10.3. The van der Waals surface area contributed by atoms with Gasteiger partial charge in [-0.3, -0.25) is 4.84 Å². The van der Waals surface area contributed by atoms with Gasteiger partial charge in [0.2, 0.25) is 0 Å². The summed E-state index contributed by atoms with van der Waals surface area (Å²) in [5.41, 5.74) is 0.144. The van der Waals surface area contributed by atoms with E-state index in [1.807, 2.05) is 0 Å². The van der Waals surface area contributed by atoms with Crippen molar-refractivity contribution >= 4 is 15.9 Å². The van der Waals surface area contributed by atoms with Crippen molar-refractivity contribution in [2.24, 2.45) is 5.90 Å². The maximum absolute atomic E-state index is 13.3. The van der Waals surface area contributed by atoms with E-state index < -0.39 is 5.82 Å². The minimum atomic E-state index is -0.558. The van der Waals surface area contributed by atoms with Crippen LogP contribution in [0.4, 0.5) is 4.39 Å². The van der Waals surface area contributed by atoms with E-state index in [0.717, 1.165) is 6.07 Å². The first-order valence-electron chi connectivity index (χ1n) is 3.67. The van der Waals surface area contributed by atoms with Gasteiger partial charge in [-0.05, 0) is 15.9 Å². The first-order valence-corrected chi connectivity index (χ1v) is 4.46. The Kier molecular flexibility index (Phi) is 3.68. The lowest BCUT2D eigenvalue weighted by atomic mass is 10.2. The lowest BCUT2D eigenvalue weighted by molar-refractivity contribution is 0.120. The van der Waals surface area contributed by atoms with Gasteiger partial charge >= 0.3 is 0 Å². The highest BCUT2D eigenvalue weighted by Gasteiger charge is 2.16. The molecule has 78 valence electrons. The molecule has 0 fully saturated rings. The highest BCUT2D eigenvalue weighted by Crippen LogP contribution is 2.38. The van der Waals surface area contributed by atoms with Gasteiger partial charge < -0.3 is 9.84 Å². The highest BCUT2D eigenvalue weighted by molar-refractivity contribution is 9.10. The fourth-order valence-electron chi connectivity index (χ4n) is 0.998. The Morgan fingerprint density at radius 2 is 2.29 bits per heavy atom. The van der Waals surface area contributed by atoms with Crippen molar-refractivity contribution in [3.8, 4) is 11.5 Å². The van der Waals surface area contributed by atoms with Crippen molar-refractivity contribution in [1.82, 2.24) is 0 Å². The minimum Gasteiger partial charge on any atom is -0.503 e. The molecule has 0 aliphatic rings. The summed E-state index contributed by atoms with van der Waals surface area (Å²) in [5, 5.41) is 9.49. The molecule has 4 nitrogen and oxygen atoms in total. The molecule has 0 spiro atoms. The van der Waals surface area contributed by atoms with Crippen LogP contribution < -0.4 is 10.6 Å². The molecule has 0 aliphatic carbocycles. The van der Waals surface area contributed by atoms with Gasteiger partial charge in [0, 0.05) is 11.6 Å². The van der Waals surface area contributed by atoms with Crippen LogP contribution in [0.5, 0.6) is 11.5 Å². The zero-order valence-corrected chi connectivity index (χ0v) is 8.97. The Morgan fingerprint density at radius 1 is 1.64 bits per heavy atom. The number of phenolic OH excluding ortho intramolecular Hbond substituents is 1. The molecule has 0 unspecified atom stereocenters. The quantitative estimate of drug-likeness (QED) is 0.817. The average Bonchev–Trinajstić information content (AvgIpc) is 2.18. The van der Waals surface area contributed by atoms with Crippen LogP contribution in [0.25, 0.3) is 0 Å². The number of hydrogen-bond acceptors (Lipinski definition) is 4. The standard InChI is InChI=1S/C8H9BrFNO3/c1-13-6-2-5(10)4(3-14-11)7(9)8(6)12/h2,12H,3,11H2,1H3. The number of nitrogens with two attached hydrogens (primary N) is 1. The molecular formula is C8H9BrFNO3. The van der Waals surface area contributed by atoms with Crippen LogP contribution in [-0.4, -0.2) is 12.2 Å². The van der Waals surface area contributed by atoms with Crippen LogP contribution in [-0.2, 0) is 11.4 Å². The van der Waals surface area contributed by atoms with Gasteiger partial charge in [-0.2, -0.15) is 0 Å². The summed E-state index contributed by atoms with van der Waals surface area (Å²) in [4.78, 5) is 4.30. The number of hydrogen-bond donors (Lipinski definition) is 2. The molecule has 1 aromatic carbocycles. The molecule has 14 heavy (non-hydrogen) atoms. The number of methoxy groups -OCH3 is 1. The largest absolute Gasteiger partial charge is 0.503 e. The molecule has 0 heterocycles. The van der Waals surface area contributed by atoms with E-state index >= 15 is 0 Å². The van der Waals surface area contributed by atoms with E-state index in [0.29, 0.717) is 0 Å². The van der Waals surface area contributed by atoms with Crippen LogP contribution in [0.2, 0.25) is 0 Å². The Hall–Kier alpha value is -0.850. The second kappa shape index (κ2) is 4.59. The number of ether oxygens (including phenoxy) is 1. The fourth-order valence-corrected chi connectivity index (χ4v) is 1.50. The number of benzene rings is 1. The summed E-state index contributed by atoms with van der Waals surface area (Å²) in [6.45, 7) is -0.135. The molecule has 3 N–H and O–H groups in total. The van der Waals surface area contributed by atoms with Crippen molar-refractivity contribution in [3.63, 3.8) is 0 Å². The molecule has 0 aliphatic heterocycles. The van der Waals surface area contributed by atoms with Crippen LogP contribution in [0, 0.1) is 5.82 Å². The van der Waals surface area contributed by atoms with Gasteiger partial charge in [-0.25, -0.2) is 10.3 Å². The van der Waals surface area contributed by atoms with Gasteiger partial charge in [-0.1, -0.05) is 0 Å². The molecule has 6 heteroatoms. The smallest absolute Gasteiger partial charge is 0.172 e. The minimum absolute atomic E-state index is 0.0511. The Labute approximate surface area is 88.5 Å². The molecule has 0 saturated carbocycles. The van der Waals surface area contributed by atoms with E-state index in [2.05, 4.69) is 20.8 Å². The van der Waals surface area contributed by atoms with Crippen molar-refractivity contribution in [1.29, 1.82) is 0 Å². The van der Waals surface area contributed by atoms with Crippen molar-refractivity contribution < 1.29 is 19.1 Å². The molecule has 0 atom stereocenters. The van der Waals surface area contributed by atoms with Gasteiger partial charge in [0.15, 0.2) is 11.5 Å². The van der Waals surface area contributed by atoms with Crippen LogP contribution in [0.15, 0.2) is 10.5 Å². The summed E-state index contributed by atoms with van der Waals surface area (Å²) in [6.07, 6.45) is 0. The zero-order valence-electron chi connectivity index (χ0n) is 7.38. The van der Waals surface area contributed by atoms with Gasteiger partial charge in [0.25, 0.3) is 0 Å². The third kappa shape index (κ3) is 1.97. The van der Waals surface area contributed by atoms with Crippen molar-refractivity contribution in [2.75, 3.05) is 7.11 Å². The van der Waals surface area contributed by atoms with Gasteiger partial charge in [0.05, 0.1) is 18.2 Å². The molecule has 0 amide bonds. The second-order valence-electron chi connectivity index (χ2n) is 2.51. The van der Waals surface area contributed by atoms with Crippen LogP contribution >= 0.6 is 15.9 Å². The maximum Gasteiger partial charge on any atom is 0.172 e. The summed E-state index contributed by atoms with van der Waals surface area (Å²) >= 11 is 3.02. The summed E-state index contributed by atoms with van der Waals surface area (Å²) in [5.74, 6) is 4.13. The van der Waals surface area contributed by atoms with E-state index in [1.165, 1.54) is 7.11 Å². The number of phenols is 1. The van der Waals surface area contributed by atoms with Crippen LogP contribution in [0.3, 0.4) is 0 Å². The Bertz CT molecular complexity index is 346. The maximum atomic E-state index is 13.3. The lowest BCUT2D eigenvalue weighted by Gasteiger charge is -2.10. The predicted octanol–water partition coefficient (Wildman–Crippen LogP) is 1.69. The van der Waals surface area contributed by atoms with Crippen molar-refractivity contribution in [2.45, 2.75) is 6.61 Å². The molecule has 0 bridgehead atoms. The molecule has 1 rings (SSSR count). The van der Waals surface area contributed by atoms with E-state index in [1.54, 1.807) is 0 Å². The topological polar surface area (TPSA) is 64.7 Å². The summed E-state index contributed by atoms with van der Waals surface area (Å²) in [7, 11) is 1.33. The fraction of sp³-hybridized carbons (Fsp3) is 0.250. The second-order valence-corrected chi connectivity index (χ2v) is 3.31. The summed E-state index contributed by atoms with van der Waals surface area (Å²) in [6, 6.07) is 1.06. The molecular weight excluding hydrogens is 257 g/mol. The predicted molar refractivity (Wildman–Crippen MR) is 51.3 cm³/mol. The Balaban J connectivity index is 3.26. The number of aromatic hydroxyl groups is 1. The number of rotatable bonds is 3. The van der Waals surface area contributed by atoms with Gasteiger partial charge in [-0.15, -0.1) is 0 Å². The lowest BCUT2D eigenvalue weighted by Crippen LogP contribution is -2.03. The molecule has 0 radical (unpaired) electrons. The van der Waals surface area contributed by atoms with E-state index in [-0.39, 0.29) is 28.1 Å². The average molecular weight is 266 g/mol. The van der Waals surface area contributed by atoms with Crippen molar-refractivity contribution in [3.05, 3.63) is 21.9 Å². The SMILES string of the molecule is COc1cc(F)c(CON)c(Br)c1O. The van der Waals surface area contributed by atoms with E-state index in [9.17, 15) is 9.50 Å². The molecule has 1 aromatic rings. The summed E-state index contributed by atoms with van der Waals surface area (Å²) < 4.78 is 18.2. The third-order valence-corrected chi connectivity index (χ3v) is 2.55. The Morgan fingerprint density at radius 3 is 2.79 bits per heavy atom. The first-order chi connectivity index (χ1) is 6.61. The monoisotopic (exact) mass is 265 g/mol. The van der Waals surface area contributed by atoms with Gasteiger partial charge in [0.1, 0.15) is 5.82 Å².